The largest absolute Gasteiger partial charge is 0.375 e. The Labute approximate surface area is 140 Å². The molecule has 0 radical (unpaired) electrons. The van der Waals surface area contributed by atoms with Crippen molar-refractivity contribution in [2.24, 2.45) is 0 Å². The Bertz CT molecular complexity index is 634. The first kappa shape index (κ1) is 16.4. The van der Waals surface area contributed by atoms with Crippen LogP contribution in [-0.2, 0) is 25.5 Å². The van der Waals surface area contributed by atoms with Crippen LogP contribution in [0.2, 0.25) is 0 Å². The standard InChI is InChI=1S/C17H21N3O4/c1-24-10-14(21)18-12-7-8-20-15(12)16(22)19-13(17(20)23)9-11-5-3-2-4-6-11/h2-6,12-13,15H,7-10H2,1H3,(H,18,21)(H,19,22)/t12-,13+,15-/m0/s1. The minimum Gasteiger partial charge on any atom is -0.375 e. The fraction of sp³-hybridized carbons (Fsp3) is 0.471. The lowest BCUT2D eigenvalue weighted by Gasteiger charge is -2.36. The van der Waals surface area contributed by atoms with Gasteiger partial charge in [0.05, 0.1) is 6.04 Å². The Morgan fingerprint density at radius 1 is 1.33 bits per heavy atom. The molecule has 2 fully saturated rings. The molecule has 3 rings (SSSR count). The van der Waals surface area contributed by atoms with Gasteiger partial charge in [-0.3, -0.25) is 14.4 Å². The van der Waals surface area contributed by atoms with Crippen LogP contribution >= 0.6 is 0 Å². The molecule has 0 spiro atoms. The van der Waals surface area contributed by atoms with E-state index in [4.69, 9.17) is 4.74 Å². The minimum atomic E-state index is -0.634. The Kier molecular flexibility index (Phi) is 4.80. The molecule has 2 N–H and O–H groups in total. The fourth-order valence-corrected chi connectivity index (χ4v) is 3.40. The monoisotopic (exact) mass is 331 g/mol. The number of carbonyl (C=O) groups excluding carboxylic acids is 3. The van der Waals surface area contributed by atoms with Crippen molar-refractivity contribution in [3.8, 4) is 0 Å². The zero-order chi connectivity index (χ0) is 17.1. The second kappa shape index (κ2) is 7.00. The van der Waals surface area contributed by atoms with Crippen LogP contribution in [0.25, 0.3) is 0 Å². The van der Waals surface area contributed by atoms with Gasteiger partial charge in [-0.25, -0.2) is 0 Å². The highest BCUT2D eigenvalue weighted by Gasteiger charge is 2.48. The van der Waals surface area contributed by atoms with Gasteiger partial charge in [0.2, 0.25) is 17.7 Å². The molecule has 128 valence electrons. The van der Waals surface area contributed by atoms with Crippen LogP contribution in [0.15, 0.2) is 30.3 Å². The maximum atomic E-state index is 12.7. The van der Waals surface area contributed by atoms with Gasteiger partial charge in [0.25, 0.3) is 0 Å². The summed E-state index contributed by atoms with van der Waals surface area (Å²) in [5, 5.41) is 5.58. The van der Waals surface area contributed by atoms with Crippen LogP contribution < -0.4 is 10.6 Å². The zero-order valence-electron chi connectivity index (χ0n) is 13.5. The van der Waals surface area contributed by atoms with E-state index in [0.717, 1.165) is 5.56 Å². The summed E-state index contributed by atoms with van der Waals surface area (Å²) < 4.78 is 4.79. The number of hydrogen-bond acceptors (Lipinski definition) is 4. The molecule has 2 saturated heterocycles. The van der Waals surface area contributed by atoms with E-state index in [1.54, 1.807) is 4.90 Å². The van der Waals surface area contributed by atoms with E-state index in [1.165, 1.54) is 7.11 Å². The summed E-state index contributed by atoms with van der Waals surface area (Å²) in [5.41, 5.74) is 0.999. The number of nitrogens with one attached hydrogen (secondary N) is 2. The van der Waals surface area contributed by atoms with E-state index >= 15 is 0 Å². The third-order valence-electron chi connectivity index (χ3n) is 4.47. The lowest BCUT2D eigenvalue weighted by Crippen LogP contribution is -2.65. The molecule has 1 aromatic carbocycles. The maximum absolute atomic E-state index is 12.7. The van der Waals surface area contributed by atoms with Gasteiger partial charge in [0.15, 0.2) is 0 Å². The van der Waals surface area contributed by atoms with Crippen molar-refractivity contribution >= 4 is 17.7 Å². The van der Waals surface area contributed by atoms with Gasteiger partial charge in [-0.05, 0) is 12.0 Å². The normalized spacial score (nSPS) is 26.0. The number of piperazine rings is 1. The van der Waals surface area contributed by atoms with Gasteiger partial charge in [0, 0.05) is 20.1 Å². The van der Waals surface area contributed by atoms with Gasteiger partial charge in [-0.2, -0.15) is 0 Å². The van der Waals surface area contributed by atoms with Gasteiger partial charge in [-0.1, -0.05) is 30.3 Å². The zero-order valence-corrected chi connectivity index (χ0v) is 13.5. The molecular formula is C17H21N3O4. The van der Waals surface area contributed by atoms with Crippen LogP contribution in [0.4, 0.5) is 0 Å². The quantitative estimate of drug-likeness (QED) is 0.759. The molecule has 24 heavy (non-hydrogen) atoms. The summed E-state index contributed by atoms with van der Waals surface area (Å²) in [6.07, 6.45) is 1.03. The summed E-state index contributed by atoms with van der Waals surface area (Å²) in [7, 11) is 1.44. The Hall–Kier alpha value is -2.41. The third-order valence-corrected chi connectivity index (χ3v) is 4.47. The number of amides is 3. The van der Waals surface area contributed by atoms with E-state index < -0.39 is 12.1 Å². The number of nitrogens with zero attached hydrogens (tertiary/aromatic N) is 1. The Balaban J connectivity index is 1.68. The maximum Gasteiger partial charge on any atom is 0.246 e. The van der Waals surface area contributed by atoms with Gasteiger partial charge in [0.1, 0.15) is 18.7 Å². The van der Waals surface area contributed by atoms with Gasteiger partial charge >= 0.3 is 0 Å². The fourth-order valence-electron chi connectivity index (χ4n) is 3.40. The number of rotatable bonds is 5. The minimum absolute atomic E-state index is 0.0601. The SMILES string of the molecule is COCC(=O)N[C@H]1CCN2C(=O)[C@@H](Cc3ccccc3)NC(=O)[C@H]12. The van der Waals surface area contributed by atoms with Crippen LogP contribution in [0.1, 0.15) is 12.0 Å². The van der Waals surface area contributed by atoms with Crippen molar-refractivity contribution < 1.29 is 19.1 Å². The molecule has 7 nitrogen and oxygen atoms in total. The molecule has 2 aliphatic heterocycles. The number of fused-ring (bicyclic) bond motifs is 1. The van der Waals surface area contributed by atoms with Crippen LogP contribution in [0, 0.1) is 0 Å². The smallest absolute Gasteiger partial charge is 0.246 e. The lowest BCUT2D eigenvalue weighted by atomic mass is 9.99. The molecule has 7 heteroatoms. The number of carbonyl (C=O) groups is 3. The summed E-state index contributed by atoms with van der Waals surface area (Å²) in [6.45, 7) is 0.412. The first-order chi connectivity index (χ1) is 11.6. The second-order valence-electron chi connectivity index (χ2n) is 6.12. The molecular weight excluding hydrogens is 310 g/mol. The van der Waals surface area contributed by atoms with E-state index in [9.17, 15) is 14.4 Å². The first-order valence-electron chi connectivity index (χ1n) is 8.03. The number of hydrogen-bond donors (Lipinski definition) is 2. The summed E-state index contributed by atoms with van der Waals surface area (Å²) in [5.74, 6) is -0.585. The van der Waals surface area contributed by atoms with Gasteiger partial charge in [-0.15, -0.1) is 0 Å². The predicted molar refractivity (Wildman–Crippen MR) is 86.0 cm³/mol. The third kappa shape index (κ3) is 3.26. The van der Waals surface area contributed by atoms with Crippen LogP contribution in [0.5, 0.6) is 0 Å². The second-order valence-corrected chi connectivity index (χ2v) is 6.12. The molecule has 0 aliphatic carbocycles. The van der Waals surface area contributed by atoms with E-state index in [1.807, 2.05) is 30.3 Å². The van der Waals surface area contributed by atoms with E-state index in [2.05, 4.69) is 10.6 Å². The van der Waals surface area contributed by atoms with Crippen molar-refractivity contribution in [3.63, 3.8) is 0 Å². The topological polar surface area (TPSA) is 87.7 Å². The lowest BCUT2D eigenvalue weighted by molar-refractivity contribution is -0.147. The molecule has 3 atom stereocenters. The number of ether oxygens (including phenoxy) is 1. The Morgan fingerprint density at radius 2 is 2.08 bits per heavy atom. The van der Waals surface area contributed by atoms with Crippen molar-refractivity contribution in [2.45, 2.75) is 31.0 Å². The summed E-state index contributed by atoms with van der Waals surface area (Å²) >= 11 is 0. The average Bonchev–Trinajstić information content (AvgIpc) is 2.98. The Morgan fingerprint density at radius 3 is 2.79 bits per heavy atom. The molecule has 1 aromatic rings. The summed E-state index contributed by atoms with van der Waals surface area (Å²) in [6, 6.07) is 8.04. The average molecular weight is 331 g/mol. The highest BCUT2D eigenvalue weighted by molar-refractivity contribution is 5.98. The molecule has 0 bridgehead atoms. The number of benzene rings is 1. The highest BCUT2D eigenvalue weighted by atomic mass is 16.5. The first-order valence-corrected chi connectivity index (χ1v) is 8.03. The molecule has 0 saturated carbocycles. The molecule has 2 heterocycles. The highest BCUT2D eigenvalue weighted by Crippen LogP contribution is 2.24. The van der Waals surface area contributed by atoms with Crippen molar-refractivity contribution in [1.82, 2.24) is 15.5 Å². The van der Waals surface area contributed by atoms with Gasteiger partial charge < -0.3 is 20.3 Å². The number of methoxy groups -OCH3 is 1. The van der Waals surface area contributed by atoms with E-state index in [-0.39, 0.29) is 30.4 Å². The van der Waals surface area contributed by atoms with Crippen molar-refractivity contribution in [2.75, 3.05) is 20.3 Å². The van der Waals surface area contributed by atoms with Crippen molar-refractivity contribution in [1.29, 1.82) is 0 Å². The molecule has 2 aliphatic rings. The van der Waals surface area contributed by atoms with E-state index in [0.29, 0.717) is 19.4 Å². The molecule has 0 unspecified atom stereocenters. The molecule has 3 amide bonds. The van der Waals surface area contributed by atoms with Crippen LogP contribution in [0.3, 0.4) is 0 Å². The molecule has 0 aromatic heterocycles. The van der Waals surface area contributed by atoms with Crippen LogP contribution in [-0.4, -0.2) is 61.0 Å². The van der Waals surface area contributed by atoms with Crippen molar-refractivity contribution in [3.05, 3.63) is 35.9 Å². The predicted octanol–water partition coefficient (Wildman–Crippen LogP) is -0.540. The summed E-state index contributed by atoms with van der Waals surface area (Å²) in [4.78, 5) is 38.5.